The zero-order chi connectivity index (χ0) is 10.8. The minimum absolute atomic E-state index is 0.121. The Bertz CT molecular complexity index is 406. The maximum Gasteiger partial charge on any atom is 0.182 e. The van der Waals surface area contributed by atoms with Gasteiger partial charge in [-0.3, -0.25) is 4.79 Å². The highest BCUT2D eigenvalue weighted by molar-refractivity contribution is 6.32. The van der Waals surface area contributed by atoms with Crippen LogP contribution in [0.25, 0.3) is 0 Å². The maximum atomic E-state index is 13.4. The van der Waals surface area contributed by atoms with Gasteiger partial charge >= 0.3 is 0 Å². The molecule has 1 aromatic rings. The predicted molar refractivity (Wildman–Crippen MR) is 52.4 cm³/mol. The second-order valence-electron chi connectivity index (χ2n) is 3.09. The highest BCUT2D eigenvalue weighted by atomic mass is 35.5. The Labute approximate surface area is 90.7 Å². The minimum atomic E-state index is -0.768. The summed E-state index contributed by atoms with van der Waals surface area (Å²) in [5, 5.41) is -0.198. The summed E-state index contributed by atoms with van der Waals surface area (Å²) in [6.07, 6.45) is 1.10. The lowest BCUT2D eigenvalue weighted by Gasteiger charge is -2.10. The smallest absolute Gasteiger partial charge is 0.182 e. The quantitative estimate of drug-likeness (QED) is 0.696. The molecule has 15 heavy (non-hydrogen) atoms. The normalized spacial score (nSPS) is 14.5. The van der Waals surface area contributed by atoms with Gasteiger partial charge in [-0.15, -0.1) is 0 Å². The van der Waals surface area contributed by atoms with Gasteiger partial charge in [0.1, 0.15) is 5.02 Å². The van der Waals surface area contributed by atoms with Gasteiger partial charge < -0.3 is 9.47 Å². The van der Waals surface area contributed by atoms with Gasteiger partial charge in [-0.1, -0.05) is 11.6 Å². The van der Waals surface area contributed by atoms with E-state index >= 15 is 0 Å². The number of carbonyl (C=O) groups is 1. The third-order valence-corrected chi connectivity index (χ3v) is 2.41. The van der Waals surface area contributed by atoms with Gasteiger partial charge in [0, 0.05) is 6.42 Å². The third kappa shape index (κ3) is 1.77. The number of hydrogen-bond donors (Lipinski definition) is 0. The van der Waals surface area contributed by atoms with Gasteiger partial charge in [0.15, 0.2) is 23.6 Å². The molecule has 1 heterocycles. The molecule has 0 unspecified atom stereocenters. The van der Waals surface area contributed by atoms with Crippen molar-refractivity contribution in [3.63, 3.8) is 0 Å². The summed E-state index contributed by atoms with van der Waals surface area (Å²) < 4.78 is 24.0. The zero-order valence-corrected chi connectivity index (χ0v) is 8.51. The van der Waals surface area contributed by atoms with E-state index in [4.69, 9.17) is 21.1 Å². The minimum Gasteiger partial charge on any atom is -0.489 e. The first-order valence-electron chi connectivity index (χ1n) is 4.47. The van der Waals surface area contributed by atoms with Crippen molar-refractivity contribution < 1.29 is 18.7 Å². The molecule has 0 radical (unpaired) electrons. The van der Waals surface area contributed by atoms with E-state index < -0.39 is 5.82 Å². The average molecular weight is 231 g/mol. The lowest BCUT2D eigenvalue weighted by atomic mass is 10.2. The Balaban J connectivity index is 2.58. The number of benzene rings is 1. The first-order valence-corrected chi connectivity index (χ1v) is 4.84. The zero-order valence-electron chi connectivity index (χ0n) is 7.76. The molecule has 1 aliphatic rings. The van der Waals surface area contributed by atoms with Crippen LogP contribution >= 0.6 is 11.6 Å². The topological polar surface area (TPSA) is 35.5 Å². The number of carbonyl (C=O) groups excluding carboxylic acids is 1. The summed E-state index contributed by atoms with van der Waals surface area (Å²) in [6, 6.07) is 1.30. The van der Waals surface area contributed by atoms with E-state index in [9.17, 15) is 9.18 Å². The van der Waals surface area contributed by atoms with Crippen LogP contribution in [0.5, 0.6) is 11.5 Å². The molecule has 0 saturated heterocycles. The van der Waals surface area contributed by atoms with Crippen LogP contribution in [-0.2, 0) is 0 Å². The lowest BCUT2D eigenvalue weighted by Crippen LogP contribution is -1.97. The average Bonchev–Trinajstić information content (AvgIpc) is 2.48. The van der Waals surface area contributed by atoms with E-state index in [0.717, 1.165) is 0 Å². The molecule has 0 N–H and O–H groups in total. The third-order valence-electron chi connectivity index (χ3n) is 2.08. The molecule has 1 aromatic carbocycles. The van der Waals surface area contributed by atoms with Crippen molar-refractivity contribution in [1.82, 2.24) is 0 Å². The van der Waals surface area contributed by atoms with Crippen molar-refractivity contribution in [2.75, 3.05) is 13.2 Å². The van der Waals surface area contributed by atoms with E-state index in [1.807, 2.05) is 0 Å². The SMILES string of the molecule is O=Cc1cc2c(c(Cl)c1F)OCCCO2. The van der Waals surface area contributed by atoms with Crippen molar-refractivity contribution in [3.05, 3.63) is 22.5 Å². The highest BCUT2D eigenvalue weighted by Gasteiger charge is 2.20. The fourth-order valence-electron chi connectivity index (χ4n) is 1.35. The summed E-state index contributed by atoms with van der Waals surface area (Å²) in [7, 11) is 0. The van der Waals surface area contributed by atoms with Crippen molar-refractivity contribution in [3.8, 4) is 11.5 Å². The Morgan fingerprint density at radius 2 is 2.13 bits per heavy atom. The highest BCUT2D eigenvalue weighted by Crippen LogP contribution is 2.39. The van der Waals surface area contributed by atoms with Crippen molar-refractivity contribution in [1.29, 1.82) is 0 Å². The summed E-state index contributed by atoms with van der Waals surface area (Å²) in [4.78, 5) is 10.6. The van der Waals surface area contributed by atoms with Gasteiger partial charge in [0.05, 0.1) is 18.8 Å². The Morgan fingerprint density at radius 1 is 1.40 bits per heavy atom. The molecule has 0 atom stereocenters. The molecule has 1 aliphatic heterocycles. The number of rotatable bonds is 1. The predicted octanol–water partition coefficient (Wildman–Crippen LogP) is 2.45. The molecule has 80 valence electrons. The van der Waals surface area contributed by atoms with Gasteiger partial charge in [-0.05, 0) is 6.07 Å². The van der Waals surface area contributed by atoms with Crippen molar-refractivity contribution in [2.24, 2.45) is 0 Å². The first kappa shape index (κ1) is 10.2. The van der Waals surface area contributed by atoms with E-state index in [2.05, 4.69) is 0 Å². The number of fused-ring (bicyclic) bond motifs is 1. The molecular weight excluding hydrogens is 223 g/mol. The second-order valence-corrected chi connectivity index (χ2v) is 3.47. The molecule has 3 nitrogen and oxygen atoms in total. The van der Waals surface area contributed by atoms with Crippen LogP contribution in [0.3, 0.4) is 0 Å². The van der Waals surface area contributed by atoms with Crippen molar-refractivity contribution in [2.45, 2.75) is 6.42 Å². The molecule has 0 aromatic heterocycles. The monoisotopic (exact) mass is 230 g/mol. The molecule has 0 spiro atoms. The van der Waals surface area contributed by atoms with E-state index in [1.54, 1.807) is 0 Å². The molecule has 5 heteroatoms. The first-order chi connectivity index (χ1) is 7.24. The fourth-order valence-corrected chi connectivity index (χ4v) is 1.60. The van der Waals surface area contributed by atoms with Crippen LogP contribution in [0, 0.1) is 5.82 Å². The van der Waals surface area contributed by atoms with E-state index in [0.29, 0.717) is 31.7 Å². The van der Waals surface area contributed by atoms with E-state index in [-0.39, 0.29) is 16.3 Å². The molecule has 0 bridgehead atoms. The molecule has 0 saturated carbocycles. The van der Waals surface area contributed by atoms with Crippen LogP contribution < -0.4 is 9.47 Å². The van der Waals surface area contributed by atoms with Gasteiger partial charge in [-0.25, -0.2) is 4.39 Å². The van der Waals surface area contributed by atoms with Crippen molar-refractivity contribution >= 4 is 17.9 Å². The van der Waals surface area contributed by atoms with E-state index in [1.165, 1.54) is 6.07 Å². The molecule has 0 fully saturated rings. The van der Waals surface area contributed by atoms with Crippen LogP contribution in [0.15, 0.2) is 6.07 Å². The standard InChI is InChI=1S/C10H8ClFO3/c11-8-9(12)6(5-13)4-7-10(8)15-3-1-2-14-7/h4-5H,1-3H2. The maximum absolute atomic E-state index is 13.4. The molecule has 2 rings (SSSR count). The van der Waals surface area contributed by atoms with Gasteiger partial charge in [-0.2, -0.15) is 0 Å². The number of hydrogen-bond acceptors (Lipinski definition) is 3. The van der Waals surface area contributed by atoms with Crippen LogP contribution in [0.2, 0.25) is 5.02 Å². The molecule has 0 aliphatic carbocycles. The summed E-state index contributed by atoms with van der Waals surface area (Å²) in [6.45, 7) is 0.889. The number of halogens is 2. The number of aldehydes is 1. The van der Waals surface area contributed by atoms with Crippen LogP contribution in [-0.4, -0.2) is 19.5 Å². The summed E-state index contributed by atoms with van der Waals surface area (Å²) >= 11 is 5.73. The summed E-state index contributed by atoms with van der Waals surface area (Å²) in [5.41, 5.74) is -0.121. The summed E-state index contributed by atoms with van der Waals surface area (Å²) in [5.74, 6) is -0.269. The fraction of sp³-hybridized carbons (Fsp3) is 0.300. The van der Waals surface area contributed by atoms with Crippen LogP contribution in [0.4, 0.5) is 4.39 Å². The van der Waals surface area contributed by atoms with Crippen LogP contribution in [0.1, 0.15) is 16.8 Å². The largest absolute Gasteiger partial charge is 0.489 e. The molecular formula is C10H8ClFO3. The van der Waals surface area contributed by atoms with Gasteiger partial charge in [0.25, 0.3) is 0 Å². The number of ether oxygens (including phenoxy) is 2. The Kier molecular flexibility index (Phi) is 2.77. The Hall–Kier alpha value is -1.29. The molecule has 0 amide bonds. The second kappa shape index (κ2) is 4.06. The Morgan fingerprint density at radius 3 is 2.87 bits per heavy atom. The lowest BCUT2D eigenvalue weighted by molar-refractivity contribution is 0.111. The van der Waals surface area contributed by atoms with Gasteiger partial charge in [0.2, 0.25) is 0 Å².